The molecule has 108 valence electrons. The fraction of sp³-hybridized carbons (Fsp3) is 0.273. The van der Waals surface area contributed by atoms with Crippen molar-refractivity contribution in [1.82, 2.24) is 9.62 Å². The summed E-state index contributed by atoms with van der Waals surface area (Å²) < 4.78 is 25.5. The molecule has 3 N–H and O–H groups in total. The van der Waals surface area contributed by atoms with Crippen LogP contribution in [-0.4, -0.2) is 37.6 Å². The molecule has 2 rings (SSSR count). The molecule has 9 heteroatoms. The van der Waals surface area contributed by atoms with Gasteiger partial charge in [-0.25, -0.2) is 8.42 Å². The minimum Gasteiger partial charge on any atom is -0.326 e. The van der Waals surface area contributed by atoms with Crippen molar-refractivity contribution in [2.24, 2.45) is 5.73 Å². The molecular weight excluding hydrogens is 306 g/mol. The molecule has 2 amide bonds. The number of sulfonamides is 1. The summed E-state index contributed by atoms with van der Waals surface area (Å²) in [5.74, 6) is -1.32. The molecule has 1 aromatic carbocycles. The summed E-state index contributed by atoms with van der Waals surface area (Å²) >= 11 is 5.92. The summed E-state index contributed by atoms with van der Waals surface area (Å²) in [4.78, 5) is 22.4. The Labute approximate surface area is 120 Å². The van der Waals surface area contributed by atoms with E-state index in [2.05, 4.69) is 0 Å². The lowest BCUT2D eigenvalue weighted by Crippen LogP contribution is -2.53. The SMILES string of the molecule is NCc1ccc(S(=O)(=O)N2CC(=O)NC(=O)C2)cc1Cl. The van der Waals surface area contributed by atoms with Crippen LogP contribution in [0.15, 0.2) is 23.1 Å². The molecule has 0 bridgehead atoms. The molecule has 0 spiro atoms. The molecule has 7 nitrogen and oxygen atoms in total. The van der Waals surface area contributed by atoms with Gasteiger partial charge >= 0.3 is 0 Å². The fourth-order valence-corrected chi connectivity index (χ4v) is 3.49. The minimum atomic E-state index is -3.95. The average molecular weight is 318 g/mol. The number of amides is 2. The monoisotopic (exact) mass is 317 g/mol. The molecule has 1 aliphatic rings. The van der Waals surface area contributed by atoms with E-state index in [4.69, 9.17) is 17.3 Å². The first-order valence-corrected chi connectivity index (χ1v) is 7.47. The molecule has 1 heterocycles. The summed E-state index contributed by atoms with van der Waals surface area (Å²) in [5.41, 5.74) is 6.06. The summed E-state index contributed by atoms with van der Waals surface area (Å²) in [6, 6.07) is 4.11. The van der Waals surface area contributed by atoms with Gasteiger partial charge in [0.15, 0.2) is 0 Å². The Kier molecular flexibility index (Phi) is 4.09. The zero-order valence-corrected chi connectivity index (χ0v) is 11.9. The van der Waals surface area contributed by atoms with Crippen LogP contribution in [0.2, 0.25) is 5.02 Å². The van der Waals surface area contributed by atoms with Gasteiger partial charge in [0.05, 0.1) is 18.0 Å². The number of rotatable bonds is 3. The summed E-state index contributed by atoms with van der Waals surface area (Å²) in [6.45, 7) is -0.613. The van der Waals surface area contributed by atoms with Crippen LogP contribution in [0.5, 0.6) is 0 Å². The van der Waals surface area contributed by atoms with Crippen molar-refractivity contribution in [3.63, 3.8) is 0 Å². The number of nitrogens with two attached hydrogens (primary N) is 1. The maximum atomic E-state index is 12.3. The average Bonchev–Trinajstić information content (AvgIpc) is 2.37. The van der Waals surface area contributed by atoms with Crippen LogP contribution in [0.1, 0.15) is 5.56 Å². The Morgan fingerprint density at radius 2 is 1.85 bits per heavy atom. The predicted molar refractivity (Wildman–Crippen MR) is 71.3 cm³/mol. The molecule has 0 radical (unpaired) electrons. The molecule has 1 fully saturated rings. The number of carbonyl (C=O) groups excluding carboxylic acids is 2. The maximum absolute atomic E-state index is 12.3. The van der Waals surface area contributed by atoms with E-state index in [1.165, 1.54) is 18.2 Å². The maximum Gasteiger partial charge on any atom is 0.244 e. The van der Waals surface area contributed by atoms with Gasteiger partial charge in [0, 0.05) is 11.6 Å². The first kappa shape index (κ1) is 14.9. The third-order valence-electron chi connectivity index (χ3n) is 2.80. The molecule has 0 unspecified atom stereocenters. The number of hydrogen-bond donors (Lipinski definition) is 2. The minimum absolute atomic E-state index is 0.0813. The number of piperazine rings is 1. The quantitative estimate of drug-likeness (QED) is 0.727. The first-order chi connectivity index (χ1) is 9.34. The highest BCUT2D eigenvalue weighted by molar-refractivity contribution is 7.89. The van der Waals surface area contributed by atoms with Crippen molar-refractivity contribution in [2.75, 3.05) is 13.1 Å². The van der Waals surface area contributed by atoms with Crippen LogP contribution in [0.4, 0.5) is 0 Å². The van der Waals surface area contributed by atoms with Crippen molar-refractivity contribution < 1.29 is 18.0 Å². The van der Waals surface area contributed by atoms with Gasteiger partial charge in [0.1, 0.15) is 0 Å². The fourth-order valence-electron chi connectivity index (χ4n) is 1.78. The summed E-state index contributed by atoms with van der Waals surface area (Å²) in [5, 5.41) is 2.26. The predicted octanol–water partition coefficient (Wildman–Crippen LogP) is -0.554. The van der Waals surface area contributed by atoms with E-state index in [9.17, 15) is 18.0 Å². The van der Waals surface area contributed by atoms with Crippen LogP contribution in [0, 0.1) is 0 Å². The number of nitrogens with zero attached hydrogens (tertiary/aromatic N) is 1. The van der Waals surface area contributed by atoms with Crippen LogP contribution in [-0.2, 0) is 26.2 Å². The standard InChI is InChI=1S/C11H12ClN3O4S/c12-9-3-8(2-1-7(9)4-13)20(18,19)15-5-10(16)14-11(17)6-15/h1-3H,4-6,13H2,(H,14,16,17). The second-order valence-corrected chi connectivity index (χ2v) is 6.55. The van der Waals surface area contributed by atoms with E-state index in [1.54, 1.807) is 0 Å². The smallest absolute Gasteiger partial charge is 0.244 e. The van der Waals surface area contributed by atoms with Gasteiger partial charge in [0.25, 0.3) is 0 Å². The van der Waals surface area contributed by atoms with Crippen molar-refractivity contribution in [2.45, 2.75) is 11.4 Å². The zero-order valence-electron chi connectivity index (χ0n) is 10.3. The number of imide groups is 1. The molecule has 0 aromatic heterocycles. The highest BCUT2D eigenvalue weighted by Crippen LogP contribution is 2.23. The lowest BCUT2D eigenvalue weighted by molar-refractivity contribution is -0.134. The van der Waals surface area contributed by atoms with Crippen LogP contribution in [0.3, 0.4) is 0 Å². The Balaban J connectivity index is 2.37. The van der Waals surface area contributed by atoms with Crippen molar-refractivity contribution in [1.29, 1.82) is 0 Å². The molecule has 1 saturated heterocycles. The summed E-state index contributed by atoms with van der Waals surface area (Å²) in [7, 11) is -3.95. The Morgan fingerprint density at radius 1 is 1.25 bits per heavy atom. The van der Waals surface area contributed by atoms with Crippen LogP contribution in [0.25, 0.3) is 0 Å². The molecular formula is C11H12ClN3O4S. The number of nitrogens with one attached hydrogen (secondary N) is 1. The topological polar surface area (TPSA) is 110 Å². The van der Waals surface area contributed by atoms with E-state index in [0.717, 1.165) is 4.31 Å². The largest absolute Gasteiger partial charge is 0.326 e. The lowest BCUT2D eigenvalue weighted by Gasteiger charge is -2.24. The second kappa shape index (κ2) is 5.49. The van der Waals surface area contributed by atoms with Gasteiger partial charge in [0.2, 0.25) is 21.8 Å². The Morgan fingerprint density at radius 3 is 2.35 bits per heavy atom. The summed E-state index contributed by atoms with van der Waals surface area (Å²) in [6.07, 6.45) is 0. The Bertz CT molecular complexity index is 658. The van der Waals surface area contributed by atoms with Gasteiger partial charge in [-0.1, -0.05) is 17.7 Å². The van der Waals surface area contributed by atoms with Gasteiger partial charge in [-0.3, -0.25) is 14.9 Å². The molecule has 0 atom stereocenters. The first-order valence-electron chi connectivity index (χ1n) is 5.66. The number of carbonyl (C=O) groups is 2. The number of halogens is 1. The normalized spacial score (nSPS) is 17.1. The number of hydrogen-bond acceptors (Lipinski definition) is 5. The third kappa shape index (κ3) is 2.83. The van der Waals surface area contributed by atoms with E-state index in [0.29, 0.717) is 5.56 Å². The highest BCUT2D eigenvalue weighted by Gasteiger charge is 2.33. The zero-order chi connectivity index (χ0) is 14.9. The van der Waals surface area contributed by atoms with E-state index in [1.807, 2.05) is 5.32 Å². The van der Waals surface area contributed by atoms with E-state index < -0.39 is 34.9 Å². The van der Waals surface area contributed by atoms with Gasteiger partial charge < -0.3 is 5.73 Å². The lowest BCUT2D eigenvalue weighted by atomic mass is 10.2. The van der Waals surface area contributed by atoms with Gasteiger partial charge in [-0.15, -0.1) is 0 Å². The van der Waals surface area contributed by atoms with Gasteiger partial charge in [-0.05, 0) is 17.7 Å². The van der Waals surface area contributed by atoms with Crippen molar-refractivity contribution in [3.8, 4) is 0 Å². The molecule has 0 saturated carbocycles. The van der Waals surface area contributed by atoms with Crippen LogP contribution < -0.4 is 11.1 Å². The molecule has 0 aliphatic carbocycles. The Hall–Kier alpha value is -1.48. The molecule has 1 aromatic rings. The van der Waals surface area contributed by atoms with Crippen molar-refractivity contribution >= 4 is 33.4 Å². The second-order valence-electron chi connectivity index (χ2n) is 4.20. The van der Waals surface area contributed by atoms with Crippen molar-refractivity contribution in [3.05, 3.63) is 28.8 Å². The third-order valence-corrected chi connectivity index (χ3v) is 4.94. The van der Waals surface area contributed by atoms with Crippen LogP contribution >= 0.6 is 11.6 Å². The van der Waals surface area contributed by atoms with E-state index in [-0.39, 0.29) is 16.5 Å². The molecule has 20 heavy (non-hydrogen) atoms. The van der Waals surface area contributed by atoms with Gasteiger partial charge in [-0.2, -0.15) is 4.31 Å². The highest BCUT2D eigenvalue weighted by atomic mass is 35.5. The number of benzene rings is 1. The molecule has 1 aliphatic heterocycles. The van der Waals surface area contributed by atoms with E-state index >= 15 is 0 Å².